The molecule has 0 saturated carbocycles. The molecule has 2 aromatic carbocycles. The van der Waals surface area contributed by atoms with Crippen LogP contribution in [0.4, 0.5) is 4.39 Å². The molecular weight excluding hydrogens is 330 g/mol. The number of hydrazine groups is 1. The Hall–Kier alpha value is -0.980. The first-order valence-electron chi connectivity index (χ1n) is 5.18. The predicted molar refractivity (Wildman–Crippen MR) is 74.7 cm³/mol. The highest BCUT2D eigenvalue weighted by Gasteiger charge is 2.15. The number of benzene rings is 2. The highest BCUT2D eigenvalue weighted by molar-refractivity contribution is 14.1. The topological polar surface area (TPSA) is 38.0 Å². The molecule has 2 aromatic rings. The van der Waals surface area contributed by atoms with E-state index in [1.54, 1.807) is 6.07 Å². The lowest BCUT2D eigenvalue weighted by molar-refractivity contribution is 0.612. The van der Waals surface area contributed by atoms with Crippen LogP contribution in [0.3, 0.4) is 0 Å². The summed E-state index contributed by atoms with van der Waals surface area (Å²) in [5.41, 5.74) is 4.80. The van der Waals surface area contributed by atoms with E-state index < -0.39 is 0 Å². The molecule has 0 radical (unpaired) electrons. The zero-order chi connectivity index (χ0) is 12.3. The Morgan fingerprint density at radius 3 is 2.41 bits per heavy atom. The first-order chi connectivity index (χ1) is 8.22. The van der Waals surface area contributed by atoms with Gasteiger partial charge in [-0.1, -0.05) is 36.4 Å². The maximum Gasteiger partial charge on any atom is 0.124 e. The van der Waals surface area contributed by atoms with Gasteiger partial charge in [-0.2, -0.15) is 0 Å². The molecule has 0 aliphatic carbocycles. The van der Waals surface area contributed by atoms with Crippen molar-refractivity contribution in [1.82, 2.24) is 5.43 Å². The Balaban J connectivity index is 2.42. The molecule has 1 unspecified atom stereocenters. The second-order valence-corrected chi connectivity index (χ2v) is 4.84. The lowest BCUT2D eigenvalue weighted by Crippen LogP contribution is -2.29. The Morgan fingerprint density at radius 2 is 1.82 bits per heavy atom. The Bertz CT molecular complexity index is 502. The van der Waals surface area contributed by atoms with Crippen molar-refractivity contribution in [1.29, 1.82) is 0 Å². The molecule has 1 atom stereocenters. The van der Waals surface area contributed by atoms with Crippen LogP contribution in [0.5, 0.6) is 0 Å². The molecule has 0 aromatic heterocycles. The van der Waals surface area contributed by atoms with E-state index in [0.717, 1.165) is 14.7 Å². The van der Waals surface area contributed by atoms with Crippen molar-refractivity contribution in [3.63, 3.8) is 0 Å². The van der Waals surface area contributed by atoms with Crippen molar-refractivity contribution in [2.75, 3.05) is 0 Å². The quantitative estimate of drug-likeness (QED) is 0.511. The molecule has 0 heterocycles. The minimum absolute atomic E-state index is 0.122. The van der Waals surface area contributed by atoms with Crippen LogP contribution in [0, 0.1) is 9.39 Å². The van der Waals surface area contributed by atoms with Crippen LogP contribution in [0.2, 0.25) is 0 Å². The van der Waals surface area contributed by atoms with Crippen LogP contribution in [0.1, 0.15) is 17.2 Å². The summed E-state index contributed by atoms with van der Waals surface area (Å²) >= 11 is 2.12. The molecule has 17 heavy (non-hydrogen) atoms. The second-order valence-electron chi connectivity index (χ2n) is 3.68. The van der Waals surface area contributed by atoms with Gasteiger partial charge in [-0.15, -0.1) is 0 Å². The van der Waals surface area contributed by atoms with E-state index in [1.807, 2.05) is 30.3 Å². The molecule has 0 aliphatic heterocycles. The number of rotatable bonds is 3. The smallest absolute Gasteiger partial charge is 0.124 e. The van der Waals surface area contributed by atoms with Crippen LogP contribution < -0.4 is 11.3 Å². The average molecular weight is 342 g/mol. The van der Waals surface area contributed by atoms with Gasteiger partial charge in [0.15, 0.2) is 0 Å². The summed E-state index contributed by atoms with van der Waals surface area (Å²) in [5.74, 6) is 5.36. The van der Waals surface area contributed by atoms with E-state index in [2.05, 4.69) is 28.0 Å². The Labute approximate surface area is 113 Å². The van der Waals surface area contributed by atoms with Gasteiger partial charge in [-0.3, -0.25) is 5.84 Å². The van der Waals surface area contributed by atoms with Gasteiger partial charge in [-0.05, 0) is 45.9 Å². The van der Waals surface area contributed by atoms with Crippen molar-refractivity contribution in [3.8, 4) is 0 Å². The summed E-state index contributed by atoms with van der Waals surface area (Å²) in [6.07, 6.45) is 0. The number of hydrogen-bond acceptors (Lipinski definition) is 2. The van der Waals surface area contributed by atoms with Crippen LogP contribution >= 0.6 is 22.6 Å². The van der Waals surface area contributed by atoms with Crippen LogP contribution in [-0.2, 0) is 0 Å². The third kappa shape index (κ3) is 2.83. The molecule has 0 aliphatic rings. The molecule has 0 bridgehead atoms. The molecule has 0 amide bonds. The first-order valence-corrected chi connectivity index (χ1v) is 6.26. The summed E-state index contributed by atoms with van der Waals surface area (Å²) in [5, 5.41) is 0. The minimum Gasteiger partial charge on any atom is -0.271 e. The fourth-order valence-electron chi connectivity index (χ4n) is 1.75. The van der Waals surface area contributed by atoms with Gasteiger partial charge in [0.25, 0.3) is 0 Å². The van der Waals surface area contributed by atoms with Crippen LogP contribution in [0.15, 0.2) is 48.5 Å². The number of nitrogens with two attached hydrogens (primary N) is 1. The van der Waals surface area contributed by atoms with E-state index in [1.165, 1.54) is 12.1 Å². The van der Waals surface area contributed by atoms with E-state index in [9.17, 15) is 4.39 Å². The summed E-state index contributed by atoms with van der Waals surface area (Å²) in [7, 11) is 0. The van der Waals surface area contributed by atoms with Gasteiger partial charge in [0.1, 0.15) is 5.82 Å². The molecule has 0 spiro atoms. The second kappa shape index (κ2) is 5.57. The molecule has 2 nitrogen and oxygen atoms in total. The van der Waals surface area contributed by atoms with E-state index in [0.29, 0.717) is 0 Å². The van der Waals surface area contributed by atoms with Gasteiger partial charge in [0.05, 0.1) is 6.04 Å². The number of nitrogens with one attached hydrogen (secondary N) is 1. The van der Waals surface area contributed by atoms with Gasteiger partial charge >= 0.3 is 0 Å². The number of hydrogen-bond donors (Lipinski definition) is 2. The van der Waals surface area contributed by atoms with E-state index in [-0.39, 0.29) is 11.9 Å². The van der Waals surface area contributed by atoms with Crippen molar-refractivity contribution in [3.05, 3.63) is 69.0 Å². The van der Waals surface area contributed by atoms with Crippen molar-refractivity contribution in [2.24, 2.45) is 5.84 Å². The van der Waals surface area contributed by atoms with E-state index in [4.69, 9.17) is 5.84 Å². The normalized spacial score (nSPS) is 12.4. The maximum absolute atomic E-state index is 13.1. The fourth-order valence-corrected chi connectivity index (χ4v) is 2.54. The lowest BCUT2D eigenvalue weighted by Gasteiger charge is -2.18. The van der Waals surface area contributed by atoms with Crippen molar-refractivity contribution in [2.45, 2.75) is 6.04 Å². The van der Waals surface area contributed by atoms with Crippen molar-refractivity contribution < 1.29 is 4.39 Å². The summed E-state index contributed by atoms with van der Waals surface area (Å²) < 4.78 is 13.9. The number of halogens is 2. The summed E-state index contributed by atoms with van der Waals surface area (Å²) in [6, 6.07) is 14.4. The summed E-state index contributed by atoms with van der Waals surface area (Å²) in [4.78, 5) is 0. The first kappa shape index (κ1) is 12.5. The Kier molecular flexibility index (Phi) is 4.09. The molecule has 0 saturated heterocycles. The standard InChI is InChI=1S/C13H12FIN2/c14-10-6-7-11(12(15)8-10)13(17-16)9-4-2-1-3-5-9/h1-8,13,17H,16H2. The molecular formula is C13H12FIN2. The third-order valence-electron chi connectivity index (χ3n) is 2.57. The summed E-state index contributed by atoms with van der Waals surface area (Å²) in [6.45, 7) is 0. The fraction of sp³-hybridized carbons (Fsp3) is 0.0769. The van der Waals surface area contributed by atoms with Crippen molar-refractivity contribution >= 4 is 22.6 Å². The highest BCUT2D eigenvalue weighted by Crippen LogP contribution is 2.26. The zero-order valence-electron chi connectivity index (χ0n) is 9.03. The highest BCUT2D eigenvalue weighted by atomic mass is 127. The monoisotopic (exact) mass is 342 g/mol. The van der Waals surface area contributed by atoms with Gasteiger partial charge in [0.2, 0.25) is 0 Å². The van der Waals surface area contributed by atoms with Gasteiger partial charge in [-0.25, -0.2) is 9.82 Å². The molecule has 2 rings (SSSR count). The molecule has 0 fully saturated rings. The van der Waals surface area contributed by atoms with E-state index >= 15 is 0 Å². The lowest BCUT2D eigenvalue weighted by atomic mass is 9.99. The van der Waals surface area contributed by atoms with Gasteiger partial charge < -0.3 is 0 Å². The third-order valence-corrected chi connectivity index (χ3v) is 3.51. The molecule has 3 N–H and O–H groups in total. The zero-order valence-corrected chi connectivity index (χ0v) is 11.2. The van der Waals surface area contributed by atoms with Crippen LogP contribution in [-0.4, -0.2) is 0 Å². The van der Waals surface area contributed by atoms with Gasteiger partial charge in [0, 0.05) is 3.57 Å². The SMILES string of the molecule is NNC(c1ccccc1)c1ccc(F)cc1I. The molecule has 88 valence electrons. The van der Waals surface area contributed by atoms with Crippen LogP contribution in [0.25, 0.3) is 0 Å². The predicted octanol–water partition coefficient (Wildman–Crippen LogP) is 2.98. The minimum atomic E-state index is -0.234. The largest absolute Gasteiger partial charge is 0.271 e. The maximum atomic E-state index is 13.1. The Morgan fingerprint density at radius 1 is 1.12 bits per heavy atom. The average Bonchev–Trinajstić information content (AvgIpc) is 2.34. The molecule has 4 heteroatoms.